The van der Waals surface area contributed by atoms with E-state index in [4.69, 9.17) is 15.2 Å². The van der Waals surface area contributed by atoms with Gasteiger partial charge in [0.2, 0.25) is 5.91 Å². The van der Waals surface area contributed by atoms with Crippen LogP contribution in [-0.4, -0.2) is 39.5 Å². The van der Waals surface area contributed by atoms with Crippen LogP contribution in [0.3, 0.4) is 0 Å². The summed E-state index contributed by atoms with van der Waals surface area (Å²) in [5, 5.41) is -0.547. The normalized spacial score (nSPS) is 20.2. The summed E-state index contributed by atoms with van der Waals surface area (Å²) in [4.78, 5) is 40.1. The Hall–Kier alpha value is -3.26. The van der Waals surface area contributed by atoms with Gasteiger partial charge in [-0.05, 0) is 31.9 Å². The molecule has 2 N–H and O–H groups in total. The van der Waals surface area contributed by atoms with Gasteiger partial charge in [0.05, 0.1) is 5.70 Å². The number of carbonyl (C=O) groups is 3. The summed E-state index contributed by atoms with van der Waals surface area (Å²) >= 11 is 1.33. The summed E-state index contributed by atoms with van der Waals surface area (Å²) in [7, 11) is 0. The molecule has 2 atom stereocenters. The molecule has 172 valence electrons. The Balaban J connectivity index is 1.58. The molecule has 1 saturated heterocycles. The van der Waals surface area contributed by atoms with Crippen molar-refractivity contribution in [2.24, 2.45) is 11.7 Å². The quantitative estimate of drug-likeness (QED) is 0.410. The molecule has 33 heavy (non-hydrogen) atoms. The number of thioether (sulfide) groups is 1. The van der Waals surface area contributed by atoms with Gasteiger partial charge in [-0.3, -0.25) is 14.5 Å². The lowest BCUT2D eigenvalue weighted by atomic mass is 9.96. The highest BCUT2D eigenvalue weighted by Crippen LogP contribution is 2.44. The molecule has 8 heteroatoms. The maximum absolute atomic E-state index is 13.3. The van der Waals surface area contributed by atoms with E-state index in [-0.39, 0.29) is 11.4 Å². The zero-order valence-electron chi connectivity index (χ0n) is 18.7. The third-order valence-electron chi connectivity index (χ3n) is 5.28. The standard InChI is InChI=1S/C25H26N2O5S/c1-25(2,3)32-23(29)18-21(28)27-19(17(26)14-33-22(18)27)24(30)31-20(15-10-6-4-7-11-15)16-12-8-5-9-13-16/h4-13,18,20,22H,14,26H2,1-3H3. The summed E-state index contributed by atoms with van der Waals surface area (Å²) in [6.07, 6.45) is -0.675. The molecule has 0 bridgehead atoms. The van der Waals surface area contributed by atoms with Crippen molar-refractivity contribution in [2.75, 3.05) is 5.75 Å². The van der Waals surface area contributed by atoms with Crippen LogP contribution in [0.25, 0.3) is 0 Å². The number of benzene rings is 2. The van der Waals surface area contributed by atoms with Crippen molar-refractivity contribution in [3.8, 4) is 0 Å². The largest absolute Gasteiger partial charge is 0.459 e. The number of amides is 1. The van der Waals surface area contributed by atoms with Crippen LogP contribution in [0.4, 0.5) is 0 Å². The van der Waals surface area contributed by atoms with E-state index >= 15 is 0 Å². The van der Waals surface area contributed by atoms with Gasteiger partial charge >= 0.3 is 11.9 Å². The molecule has 0 aromatic heterocycles. The van der Waals surface area contributed by atoms with Crippen molar-refractivity contribution < 1.29 is 23.9 Å². The van der Waals surface area contributed by atoms with Gasteiger partial charge in [-0.25, -0.2) is 4.79 Å². The van der Waals surface area contributed by atoms with Gasteiger partial charge in [0, 0.05) is 5.75 Å². The molecule has 4 rings (SSSR count). The van der Waals surface area contributed by atoms with E-state index in [1.165, 1.54) is 16.7 Å². The van der Waals surface area contributed by atoms with E-state index < -0.39 is 40.8 Å². The Kier molecular flexibility index (Phi) is 6.21. The predicted molar refractivity (Wildman–Crippen MR) is 124 cm³/mol. The first kappa shape index (κ1) is 22.9. The predicted octanol–water partition coefficient (Wildman–Crippen LogP) is 3.36. The molecule has 0 radical (unpaired) electrons. The number of ether oxygens (including phenoxy) is 2. The molecule has 2 aromatic carbocycles. The molecule has 1 fully saturated rings. The zero-order valence-corrected chi connectivity index (χ0v) is 19.5. The van der Waals surface area contributed by atoms with E-state index in [0.717, 1.165) is 11.1 Å². The first-order valence-electron chi connectivity index (χ1n) is 10.6. The molecule has 2 aliphatic rings. The van der Waals surface area contributed by atoms with Crippen molar-refractivity contribution in [3.63, 3.8) is 0 Å². The van der Waals surface area contributed by atoms with Crippen LogP contribution in [-0.2, 0) is 23.9 Å². The molecule has 2 unspecified atom stereocenters. The van der Waals surface area contributed by atoms with Crippen LogP contribution in [0, 0.1) is 5.92 Å². The molecule has 0 saturated carbocycles. The van der Waals surface area contributed by atoms with E-state index in [2.05, 4.69) is 0 Å². The fourth-order valence-corrected chi connectivity index (χ4v) is 5.09. The van der Waals surface area contributed by atoms with Gasteiger partial charge in [-0.15, -0.1) is 11.8 Å². The molecule has 7 nitrogen and oxygen atoms in total. The van der Waals surface area contributed by atoms with Gasteiger partial charge in [-0.2, -0.15) is 0 Å². The van der Waals surface area contributed by atoms with Crippen molar-refractivity contribution >= 4 is 29.6 Å². The number of nitrogens with zero attached hydrogens (tertiary/aromatic N) is 1. The van der Waals surface area contributed by atoms with Gasteiger partial charge in [0.15, 0.2) is 17.7 Å². The molecule has 2 aromatic rings. The topological polar surface area (TPSA) is 98.9 Å². The third-order valence-corrected chi connectivity index (χ3v) is 6.58. The number of fused-ring (bicyclic) bond motifs is 1. The number of rotatable bonds is 5. The SMILES string of the molecule is CC(C)(C)OC(=O)C1C(=O)N2C(C(=O)OC(c3ccccc3)c3ccccc3)=C(N)CSC12. The minimum Gasteiger partial charge on any atom is -0.459 e. The maximum Gasteiger partial charge on any atom is 0.357 e. The summed E-state index contributed by atoms with van der Waals surface area (Å²) in [5.74, 6) is -2.47. The van der Waals surface area contributed by atoms with Gasteiger partial charge in [0.25, 0.3) is 0 Å². The van der Waals surface area contributed by atoms with Crippen molar-refractivity contribution in [3.05, 3.63) is 83.2 Å². The average Bonchev–Trinajstić information content (AvgIpc) is 2.77. The lowest BCUT2D eigenvalue weighted by molar-refractivity contribution is -0.175. The molecule has 2 heterocycles. The Labute approximate surface area is 196 Å². The third kappa shape index (κ3) is 4.61. The second-order valence-electron chi connectivity index (χ2n) is 8.90. The fraction of sp³-hybridized carbons (Fsp3) is 0.320. The molecule has 0 spiro atoms. The van der Waals surface area contributed by atoms with Crippen molar-refractivity contribution in [2.45, 2.75) is 37.9 Å². The lowest BCUT2D eigenvalue weighted by Crippen LogP contribution is -2.65. The smallest absolute Gasteiger partial charge is 0.357 e. The number of hydrogen-bond acceptors (Lipinski definition) is 7. The monoisotopic (exact) mass is 466 g/mol. The fourth-order valence-electron chi connectivity index (χ4n) is 3.83. The summed E-state index contributed by atoms with van der Waals surface area (Å²) in [5.41, 5.74) is 7.27. The van der Waals surface area contributed by atoms with Crippen LogP contribution >= 0.6 is 11.8 Å². The van der Waals surface area contributed by atoms with E-state index in [9.17, 15) is 14.4 Å². The van der Waals surface area contributed by atoms with Crippen molar-refractivity contribution in [1.82, 2.24) is 4.90 Å². The van der Waals surface area contributed by atoms with Crippen LogP contribution in [0.15, 0.2) is 72.1 Å². The molecular weight excluding hydrogens is 440 g/mol. The molecule has 1 amide bonds. The van der Waals surface area contributed by atoms with Crippen LogP contribution in [0.2, 0.25) is 0 Å². The summed E-state index contributed by atoms with van der Waals surface area (Å²) in [6, 6.07) is 18.7. The number of esters is 2. The highest BCUT2D eigenvalue weighted by Gasteiger charge is 2.58. The summed E-state index contributed by atoms with van der Waals surface area (Å²) in [6.45, 7) is 5.23. The molecular formula is C25H26N2O5S. The Morgan fingerprint density at radius 3 is 2.09 bits per heavy atom. The first-order chi connectivity index (χ1) is 15.7. The minimum atomic E-state index is -0.968. The number of hydrogen-bond donors (Lipinski definition) is 1. The average molecular weight is 467 g/mol. The van der Waals surface area contributed by atoms with E-state index in [1.807, 2.05) is 60.7 Å². The molecule has 0 aliphatic carbocycles. The number of β-lactam (4-membered cyclic amide) rings is 1. The minimum absolute atomic E-state index is 0.000390. The van der Waals surface area contributed by atoms with Crippen LogP contribution < -0.4 is 5.73 Å². The Bertz CT molecular complexity index is 1060. The second-order valence-corrected chi connectivity index (χ2v) is 10.0. The Morgan fingerprint density at radius 2 is 1.58 bits per heavy atom. The van der Waals surface area contributed by atoms with Crippen molar-refractivity contribution in [1.29, 1.82) is 0 Å². The highest BCUT2D eigenvalue weighted by molar-refractivity contribution is 8.00. The first-order valence-corrected chi connectivity index (χ1v) is 11.7. The second kappa shape index (κ2) is 8.94. The van der Waals surface area contributed by atoms with E-state index in [1.54, 1.807) is 20.8 Å². The number of carbonyl (C=O) groups excluding carboxylic acids is 3. The van der Waals surface area contributed by atoms with Crippen LogP contribution in [0.5, 0.6) is 0 Å². The van der Waals surface area contributed by atoms with Crippen LogP contribution in [0.1, 0.15) is 38.0 Å². The highest BCUT2D eigenvalue weighted by atomic mass is 32.2. The zero-order chi connectivity index (χ0) is 23.8. The van der Waals surface area contributed by atoms with Gasteiger partial charge < -0.3 is 15.2 Å². The lowest BCUT2D eigenvalue weighted by Gasteiger charge is -2.48. The Morgan fingerprint density at radius 1 is 1.03 bits per heavy atom. The summed E-state index contributed by atoms with van der Waals surface area (Å²) < 4.78 is 11.3. The van der Waals surface area contributed by atoms with Gasteiger partial charge in [0.1, 0.15) is 11.0 Å². The number of nitrogens with two attached hydrogens (primary N) is 1. The molecule has 2 aliphatic heterocycles. The van der Waals surface area contributed by atoms with Gasteiger partial charge in [-0.1, -0.05) is 60.7 Å². The van der Waals surface area contributed by atoms with E-state index in [0.29, 0.717) is 5.75 Å². The maximum atomic E-state index is 13.3.